The predicted octanol–water partition coefficient (Wildman–Crippen LogP) is 2.81. The molecule has 174 valence electrons. The van der Waals surface area contributed by atoms with Crippen molar-refractivity contribution in [3.05, 3.63) is 36.8 Å². The molecule has 3 N–H and O–H groups in total. The van der Waals surface area contributed by atoms with Gasteiger partial charge in [0.2, 0.25) is 11.9 Å². The maximum absolute atomic E-state index is 12.2. The third kappa shape index (κ3) is 4.30. The molecule has 0 unspecified atom stereocenters. The lowest BCUT2D eigenvalue weighted by Crippen LogP contribution is -2.44. The second-order valence-corrected chi connectivity index (χ2v) is 8.75. The minimum absolute atomic E-state index is 0.0465. The molecule has 0 spiro atoms. The first kappa shape index (κ1) is 21.4. The summed E-state index contributed by atoms with van der Waals surface area (Å²) in [5.41, 5.74) is 2.66. The number of likely N-dealkylation sites (tertiary alicyclic amines) is 1. The zero-order valence-electron chi connectivity index (χ0n) is 18.9. The van der Waals surface area contributed by atoms with Crippen LogP contribution in [0.2, 0.25) is 0 Å². The Bertz CT molecular complexity index is 1180. The van der Waals surface area contributed by atoms with Crippen molar-refractivity contribution in [1.29, 1.82) is 0 Å². The molecule has 4 heterocycles. The van der Waals surface area contributed by atoms with E-state index in [1.807, 2.05) is 28.9 Å². The Balaban J connectivity index is 1.52. The largest absolute Gasteiger partial charge is 0.376 e. The average molecular weight is 451 g/mol. The van der Waals surface area contributed by atoms with Crippen molar-refractivity contribution in [1.82, 2.24) is 29.2 Å². The van der Waals surface area contributed by atoms with E-state index < -0.39 is 0 Å². The molecule has 10 heteroatoms. The van der Waals surface area contributed by atoms with Crippen molar-refractivity contribution in [2.24, 2.45) is 0 Å². The number of amides is 1. The van der Waals surface area contributed by atoms with E-state index in [4.69, 9.17) is 9.97 Å². The van der Waals surface area contributed by atoms with Crippen molar-refractivity contribution < 1.29 is 9.90 Å². The first-order chi connectivity index (χ1) is 16.1. The van der Waals surface area contributed by atoms with E-state index in [0.717, 1.165) is 55.7 Å². The fraction of sp³-hybridized carbons (Fsp3) is 0.478. The maximum Gasteiger partial charge on any atom is 0.246 e. The number of anilines is 3. The maximum atomic E-state index is 12.2. The number of carbonyl (C=O) groups is 1. The molecule has 0 radical (unpaired) electrons. The molecular formula is C23H30N8O2. The SMILES string of the molecule is C=CC(=O)N1CCC[C@@H](Nc2nc(Nc3cnn(CC)c3)nc3c2c(C2CC2)cn3CO)C1. The Morgan fingerprint density at radius 2 is 2.15 bits per heavy atom. The number of nitrogens with zero attached hydrogens (tertiary/aromatic N) is 6. The highest BCUT2D eigenvalue weighted by Gasteiger charge is 2.31. The summed E-state index contributed by atoms with van der Waals surface area (Å²) in [7, 11) is 0. The van der Waals surface area contributed by atoms with Gasteiger partial charge in [0.05, 0.1) is 17.3 Å². The number of aliphatic hydroxyl groups is 1. The highest BCUT2D eigenvalue weighted by atomic mass is 16.3. The van der Waals surface area contributed by atoms with Gasteiger partial charge in [0.1, 0.15) is 18.2 Å². The number of hydrogen-bond donors (Lipinski definition) is 3. The molecule has 3 aromatic heterocycles. The van der Waals surface area contributed by atoms with Gasteiger partial charge in [-0.15, -0.1) is 0 Å². The molecule has 1 atom stereocenters. The summed E-state index contributed by atoms with van der Waals surface area (Å²) in [4.78, 5) is 23.6. The van der Waals surface area contributed by atoms with Crippen molar-refractivity contribution in [3.63, 3.8) is 0 Å². The molecule has 1 amide bonds. The second kappa shape index (κ2) is 8.86. The van der Waals surface area contributed by atoms with E-state index >= 15 is 0 Å². The van der Waals surface area contributed by atoms with E-state index in [2.05, 4.69) is 22.3 Å². The summed E-state index contributed by atoms with van der Waals surface area (Å²) < 4.78 is 3.60. The van der Waals surface area contributed by atoms with Gasteiger partial charge in [-0.1, -0.05) is 6.58 Å². The van der Waals surface area contributed by atoms with E-state index in [1.165, 1.54) is 11.6 Å². The number of aliphatic hydroxyl groups excluding tert-OH is 1. The molecule has 2 fully saturated rings. The Morgan fingerprint density at radius 1 is 1.30 bits per heavy atom. The molecule has 3 aromatic rings. The molecule has 5 rings (SSSR count). The van der Waals surface area contributed by atoms with Gasteiger partial charge in [-0.2, -0.15) is 15.1 Å². The summed E-state index contributed by atoms with van der Waals surface area (Å²) in [6, 6.07) is 0.0703. The fourth-order valence-corrected chi connectivity index (χ4v) is 4.54. The van der Waals surface area contributed by atoms with Crippen LogP contribution in [-0.4, -0.2) is 59.4 Å². The Morgan fingerprint density at radius 3 is 2.85 bits per heavy atom. The smallest absolute Gasteiger partial charge is 0.246 e. The van der Waals surface area contributed by atoms with Crippen LogP contribution in [0.3, 0.4) is 0 Å². The first-order valence-corrected chi connectivity index (χ1v) is 11.6. The van der Waals surface area contributed by atoms with Gasteiger partial charge in [-0.3, -0.25) is 9.48 Å². The molecule has 1 saturated carbocycles. The molecule has 1 aliphatic carbocycles. The minimum atomic E-state index is -0.155. The zero-order valence-corrected chi connectivity index (χ0v) is 18.9. The van der Waals surface area contributed by atoms with Gasteiger partial charge >= 0.3 is 0 Å². The lowest BCUT2D eigenvalue weighted by atomic mass is 10.0. The molecule has 33 heavy (non-hydrogen) atoms. The van der Waals surface area contributed by atoms with Crippen molar-refractivity contribution in [3.8, 4) is 0 Å². The van der Waals surface area contributed by atoms with Gasteiger partial charge in [0.25, 0.3) is 0 Å². The molecule has 0 aromatic carbocycles. The molecule has 10 nitrogen and oxygen atoms in total. The standard InChI is InChI=1S/C23H30N8O2/c1-3-19(33)29-9-5-6-16(11-29)25-21-20-18(15-7-8-15)13-30(14-32)22(20)28-23(27-21)26-17-10-24-31(4-2)12-17/h3,10,12-13,15-16,32H,1,4-9,11,14H2,2H3,(H2,25,26,27,28)/t16-/m1/s1. The molecular weight excluding hydrogens is 420 g/mol. The highest BCUT2D eigenvalue weighted by Crippen LogP contribution is 2.45. The first-order valence-electron chi connectivity index (χ1n) is 11.6. The minimum Gasteiger partial charge on any atom is -0.376 e. The fourth-order valence-electron chi connectivity index (χ4n) is 4.54. The second-order valence-electron chi connectivity index (χ2n) is 8.75. The van der Waals surface area contributed by atoms with Crippen molar-refractivity contribution in [2.45, 2.75) is 57.8 Å². The number of hydrogen-bond acceptors (Lipinski definition) is 7. The quantitative estimate of drug-likeness (QED) is 0.452. The van der Waals surface area contributed by atoms with Crippen LogP contribution in [0.25, 0.3) is 11.0 Å². The Kier molecular flexibility index (Phi) is 5.76. The van der Waals surface area contributed by atoms with Gasteiger partial charge in [-0.25, -0.2) is 0 Å². The molecule has 1 saturated heterocycles. The van der Waals surface area contributed by atoms with Gasteiger partial charge in [0, 0.05) is 38.1 Å². The topological polar surface area (TPSA) is 113 Å². The monoisotopic (exact) mass is 450 g/mol. The normalized spacial score (nSPS) is 18.5. The van der Waals surface area contributed by atoms with Crippen LogP contribution in [0.1, 0.15) is 44.1 Å². The van der Waals surface area contributed by atoms with E-state index in [9.17, 15) is 9.90 Å². The summed E-state index contributed by atoms with van der Waals surface area (Å²) in [5.74, 6) is 1.59. The Hall–Kier alpha value is -3.40. The number of piperidine rings is 1. The van der Waals surface area contributed by atoms with Crippen LogP contribution in [0.4, 0.5) is 17.5 Å². The van der Waals surface area contributed by atoms with E-state index in [1.54, 1.807) is 10.8 Å². The average Bonchev–Trinajstić information content (AvgIpc) is 3.47. The predicted molar refractivity (Wildman–Crippen MR) is 126 cm³/mol. The van der Waals surface area contributed by atoms with Crippen LogP contribution in [-0.2, 0) is 18.1 Å². The summed E-state index contributed by atoms with van der Waals surface area (Å²) in [6.45, 7) is 7.61. The summed E-state index contributed by atoms with van der Waals surface area (Å²) in [5, 5.41) is 22.1. The number of fused-ring (bicyclic) bond motifs is 1. The van der Waals surface area contributed by atoms with Crippen LogP contribution >= 0.6 is 0 Å². The highest BCUT2D eigenvalue weighted by molar-refractivity contribution is 5.93. The number of rotatable bonds is 8. The van der Waals surface area contributed by atoms with Gasteiger partial charge < -0.3 is 25.2 Å². The third-order valence-electron chi connectivity index (χ3n) is 6.38. The van der Waals surface area contributed by atoms with Gasteiger partial charge in [0.15, 0.2) is 0 Å². The van der Waals surface area contributed by atoms with E-state index in [-0.39, 0.29) is 18.7 Å². The van der Waals surface area contributed by atoms with Gasteiger partial charge in [-0.05, 0) is 50.2 Å². The lowest BCUT2D eigenvalue weighted by molar-refractivity contribution is -0.127. The van der Waals surface area contributed by atoms with Crippen LogP contribution in [0.15, 0.2) is 31.2 Å². The molecule has 2 aliphatic rings. The van der Waals surface area contributed by atoms with Crippen molar-refractivity contribution >= 4 is 34.4 Å². The zero-order chi connectivity index (χ0) is 22.9. The Labute approximate surface area is 192 Å². The lowest BCUT2D eigenvalue weighted by Gasteiger charge is -2.33. The van der Waals surface area contributed by atoms with Crippen LogP contribution < -0.4 is 10.6 Å². The molecule has 1 aliphatic heterocycles. The third-order valence-corrected chi connectivity index (χ3v) is 6.38. The van der Waals surface area contributed by atoms with E-state index in [0.29, 0.717) is 24.1 Å². The number of aryl methyl sites for hydroxylation is 1. The number of aromatic nitrogens is 5. The summed E-state index contributed by atoms with van der Waals surface area (Å²) >= 11 is 0. The summed E-state index contributed by atoms with van der Waals surface area (Å²) in [6.07, 6.45) is 11.1. The number of carbonyl (C=O) groups excluding carboxylic acids is 1. The number of nitrogens with one attached hydrogen (secondary N) is 2. The van der Waals surface area contributed by atoms with Crippen LogP contribution in [0.5, 0.6) is 0 Å². The van der Waals surface area contributed by atoms with Crippen LogP contribution in [0, 0.1) is 0 Å². The molecule has 0 bridgehead atoms. The van der Waals surface area contributed by atoms with Crippen molar-refractivity contribution in [2.75, 3.05) is 23.7 Å².